The molecule has 1 N–H and O–H groups in total. The Morgan fingerprint density at radius 3 is 2.58 bits per heavy atom. The van der Waals surface area contributed by atoms with E-state index in [0.717, 1.165) is 16.7 Å². The molecule has 0 saturated carbocycles. The van der Waals surface area contributed by atoms with Crippen LogP contribution in [0.1, 0.15) is 17.3 Å². The third-order valence-corrected chi connectivity index (χ3v) is 7.19. The lowest BCUT2D eigenvalue weighted by Gasteiger charge is -2.10. The summed E-state index contributed by atoms with van der Waals surface area (Å²) in [4.78, 5) is 25.6. The lowest BCUT2D eigenvalue weighted by molar-refractivity contribution is -0.113. The van der Waals surface area contributed by atoms with Gasteiger partial charge in [-0.2, -0.15) is 0 Å². The van der Waals surface area contributed by atoms with Crippen molar-refractivity contribution >= 4 is 51.6 Å². The topological polar surface area (TPSA) is 86.1 Å². The highest BCUT2D eigenvalue weighted by Gasteiger charge is 2.23. The minimum absolute atomic E-state index is 0.0801. The van der Waals surface area contributed by atoms with Gasteiger partial charge in [-0.25, -0.2) is 4.79 Å². The van der Waals surface area contributed by atoms with Gasteiger partial charge in [-0.3, -0.25) is 9.36 Å². The van der Waals surface area contributed by atoms with Crippen molar-refractivity contribution in [1.29, 1.82) is 0 Å². The van der Waals surface area contributed by atoms with Crippen molar-refractivity contribution in [3.8, 4) is 22.5 Å². The van der Waals surface area contributed by atoms with E-state index in [9.17, 15) is 9.59 Å². The molecule has 184 valence electrons. The number of thioether (sulfide) groups is 1. The molecule has 0 aliphatic rings. The summed E-state index contributed by atoms with van der Waals surface area (Å²) in [6.07, 6.45) is 1.75. The maximum Gasteiger partial charge on any atom is 0.341 e. The fourth-order valence-corrected chi connectivity index (χ4v) is 5.33. The third-order valence-electron chi connectivity index (χ3n) is 5.07. The molecular formula is C26H23ClN4O3S2. The number of rotatable bonds is 10. The van der Waals surface area contributed by atoms with E-state index in [4.69, 9.17) is 16.3 Å². The Balaban J connectivity index is 1.52. The predicted octanol–water partition coefficient (Wildman–Crippen LogP) is 6.42. The SMILES string of the molecule is C=CCn1c(SCC(=O)Nc2scc(-c3ccccc3)c2C(=O)OCC)nnc1-c1ccc(Cl)cc1. The first-order chi connectivity index (χ1) is 17.5. The number of amides is 1. The molecule has 0 aliphatic heterocycles. The van der Waals surface area contributed by atoms with Crippen molar-refractivity contribution in [2.24, 2.45) is 0 Å². The van der Waals surface area contributed by atoms with Gasteiger partial charge < -0.3 is 10.1 Å². The van der Waals surface area contributed by atoms with Gasteiger partial charge in [0.05, 0.1) is 12.4 Å². The predicted molar refractivity (Wildman–Crippen MR) is 146 cm³/mol. The van der Waals surface area contributed by atoms with Gasteiger partial charge in [-0.1, -0.05) is 59.8 Å². The first-order valence-electron chi connectivity index (χ1n) is 11.1. The summed E-state index contributed by atoms with van der Waals surface area (Å²) < 4.78 is 7.15. The molecule has 0 atom stereocenters. The lowest BCUT2D eigenvalue weighted by atomic mass is 10.0. The highest BCUT2D eigenvalue weighted by molar-refractivity contribution is 7.99. The molecule has 1 amide bonds. The van der Waals surface area contributed by atoms with Crippen molar-refractivity contribution in [3.05, 3.63) is 83.2 Å². The highest BCUT2D eigenvalue weighted by Crippen LogP contribution is 2.36. The maximum absolute atomic E-state index is 12.9. The number of benzene rings is 2. The Morgan fingerprint density at radius 2 is 1.89 bits per heavy atom. The first-order valence-corrected chi connectivity index (χ1v) is 13.3. The zero-order valence-corrected chi connectivity index (χ0v) is 21.8. The number of halogens is 1. The second kappa shape index (κ2) is 12.0. The summed E-state index contributed by atoms with van der Waals surface area (Å²) in [6, 6.07) is 16.8. The molecule has 0 bridgehead atoms. The molecule has 2 aromatic heterocycles. The molecule has 0 spiro atoms. The second-order valence-electron chi connectivity index (χ2n) is 7.49. The van der Waals surface area contributed by atoms with Crippen molar-refractivity contribution < 1.29 is 14.3 Å². The largest absolute Gasteiger partial charge is 0.462 e. The van der Waals surface area contributed by atoms with Gasteiger partial charge in [-0.15, -0.1) is 28.1 Å². The normalized spacial score (nSPS) is 10.7. The van der Waals surface area contributed by atoms with E-state index in [0.29, 0.717) is 33.1 Å². The number of carbonyl (C=O) groups is 2. The Hall–Kier alpha value is -3.40. The Labute approximate surface area is 222 Å². The van der Waals surface area contributed by atoms with Crippen LogP contribution in [-0.2, 0) is 16.1 Å². The van der Waals surface area contributed by atoms with Crippen molar-refractivity contribution in [3.63, 3.8) is 0 Å². The number of esters is 1. The molecule has 2 heterocycles. The molecule has 0 fully saturated rings. The number of hydrogen-bond donors (Lipinski definition) is 1. The highest BCUT2D eigenvalue weighted by atomic mass is 35.5. The molecule has 4 aromatic rings. The van der Waals surface area contributed by atoms with Crippen LogP contribution < -0.4 is 5.32 Å². The maximum atomic E-state index is 12.9. The molecule has 0 unspecified atom stereocenters. The van der Waals surface area contributed by atoms with Gasteiger partial charge in [0.1, 0.15) is 10.6 Å². The van der Waals surface area contributed by atoms with Crippen LogP contribution in [0.3, 0.4) is 0 Å². The van der Waals surface area contributed by atoms with Crippen LogP contribution in [0.4, 0.5) is 5.00 Å². The Bertz CT molecular complexity index is 1370. The van der Waals surface area contributed by atoms with Gasteiger partial charge in [0.2, 0.25) is 5.91 Å². The Kier molecular flexibility index (Phi) is 8.58. The van der Waals surface area contributed by atoms with Gasteiger partial charge in [-0.05, 0) is 36.8 Å². The molecule has 0 aliphatic carbocycles. The number of thiophene rings is 1. The number of nitrogens with one attached hydrogen (secondary N) is 1. The minimum atomic E-state index is -0.473. The number of aromatic nitrogens is 3. The molecule has 36 heavy (non-hydrogen) atoms. The van der Waals surface area contributed by atoms with Crippen molar-refractivity contribution in [1.82, 2.24) is 14.8 Å². The summed E-state index contributed by atoms with van der Waals surface area (Å²) in [5.74, 6) is -0.00609. The molecule has 0 radical (unpaired) electrons. The molecule has 7 nitrogen and oxygen atoms in total. The first kappa shape index (κ1) is 25.7. The summed E-state index contributed by atoms with van der Waals surface area (Å²) in [5, 5.41) is 15.0. The zero-order chi connectivity index (χ0) is 25.5. The monoisotopic (exact) mass is 538 g/mol. The Morgan fingerprint density at radius 1 is 1.14 bits per heavy atom. The second-order valence-corrected chi connectivity index (χ2v) is 9.75. The zero-order valence-electron chi connectivity index (χ0n) is 19.4. The minimum Gasteiger partial charge on any atom is -0.462 e. The number of carbonyl (C=O) groups excluding carboxylic acids is 2. The van der Waals surface area contributed by atoms with Crippen LogP contribution in [-0.4, -0.2) is 39.0 Å². The van der Waals surface area contributed by atoms with Crippen LogP contribution >= 0.6 is 34.7 Å². The van der Waals surface area contributed by atoms with E-state index in [1.807, 2.05) is 52.4 Å². The molecular weight excluding hydrogens is 516 g/mol. The van der Waals surface area contributed by atoms with Gasteiger partial charge in [0, 0.05) is 28.1 Å². The standard InChI is InChI=1S/C26H23ClN4O3S2/c1-3-14-31-23(18-10-12-19(27)13-11-18)29-30-26(31)36-16-21(32)28-24-22(25(33)34-4-2)20(15-35-24)17-8-6-5-7-9-17/h3,5-13,15H,1,4,14,16H2,2H3,(H,28,32). The van der Waals surface area contributed by atoms with Gasteiger partial charge in [0.25, 0.3) is 0 Å². The number of hydrogen-bond acceptors (Lipinski definition) is 7. The lowest BCUT2D eigenvalue weighted by Crippen LogP contribution is -2.17. The number of anilines is 1. The molecule has 0 saturated heterocycles. The number of allylic oxidation sites excluding steroid dienone is 1. The fraction of sp³-hybridized carbons (Fsp3) is 0.154. The van der Waals surface area contributed by atoms with Crippen molar-refractivity contribution in [2.75, 3.05) is 17.7 Å². The van der Waals surface area contributed by atoms with E-state index in [1.54, 1.807) is 25.1 Å². The van der Waals surface area contributed by atoms with E-state index in [2.05, 4.69) is 22.1 Å². The summed E-state index contributed by atoms with van der Waals surface area (Å²) in [7, 11) is 0. The summed E-state index contributed by atoms with van der Waals surface area (Å²) in [6.45, 7) is 6.28. The van der Waals surface area contributed by atoms with Crippen LogP contribution in [0.2, 0.25) is 5.02 Å². The van der Waals surface area contributed by atoms with E-state index < -0.39 is 5.97 Å². The van der Waals surface area contributed by atoms with Gasteiger partial charge >= 0.3 is 5.97 Å². The summed E-state index contributed by atoms with van der Waals surface area (Å²) >= 11 is 8.55. The average Bonchev–Trinajstić information content (AvgIpc) is 3.48. The molecule has 4 rings (SSSR count). The van der Waals surface area contributed by atoms with E-state index in [-0.39, 0.29) is 18.3 Å². The third kappa shape index (κ3) is 5.87. The smallest absolute Gasteiger partial charge is 0.341 e. The van der Waals surface area contributed by atoms with Crippen molar-refractivity contribution in [2.45, 2.75) is 18.6 Å². The van der Waals surface area contributed by atoms with E-state index >= 15 is 0 Å². The number of ether oxygens (including phenoxy) is 1. The summed E-state index contributed by atoms with van der Waals surface area (Å²) in [5.41, 5.74) is 2.81. The van der Waals surface area contributed by atoms with Crippen LogP contribution in [0.15, 0.2) is 77.8 Å². The van der Waals surface area contributed by atoms with Crippen LogP contribution in [0, 0.1) is 0 Å². The average molecular weight is 539 g/mol. The fourth-order valence-electron chi connectivity index (χ4n) is 3.48. The van der Waals surface area contributed by atoms with Gasteiger partial charge in [0.15, 0.2) is 11.0 Å². The molecule has 10 heteroatoms. The quantitative estimate of drug-likeness (QED) is 0.142. The van der Waals surface area contributed by atoms with Crippen LogP contribution in [0.25, 0.3) is 22.5 Å². The molecule has 2 aromatic carbocycles. The van der Waals surface area contributed by atoms with E-state index in [1.165, 1.54) is 23.1 Å². The number of nitrogens with zero attached hydrogens (tertiary/aromatic N) is 3. The van der Waals surface area contributed by atoms with Crippen LogP contribution in [0.5, 0.6) is 0 Å².